The van der Waals surface area contributed by atoms with Crippen LogP contribution in [0.1, 0.15) is 31.0 Å². The smallest absolute Gasteiger partial charge is 0.338 e. The highest BCUT2D eigenvalue weighted by Crippen LogP contribution is 2.48. The molecule has 2 heterocycles. The molecule has 0 aromatic heterocycles. The summed E-state index contributed by atoms with van der Waals surface area (Å²) >= 11 is 1.43. The van der Waals surface area contributed by atoms with Gasteiger partial charge in [-0.15, -0.1) is 0 Å². The highest BCUT2D eigenvalue weighted by atomic mass is 32.2. The molecule has 33 heavy (non-hydrogen) atoms. The van der Waals surface area contributed by atoms with Crippen LogP contribution in [0.3, 0.4) is 0 Å². The first-order valence-corrected chi connectivity index (χ1v) is 11.7. The number of rotatable bonds is 4. The second-order valence-corrected chi connectivity index (χ2v) is 8.97. The van der Waals surface area contributed by atoms with Crippen molar-refractivity contribution in [2.45, 2.75) is 26.1 Å². The third-order valence-corrected chi connectivity index (χ3v) is 6.92. The predicted octanol–water partition coefficient (Wildman–Crippen LogP) is 5.50. The van der Waals surface area contributed by atoms with Gasteiger partial charge in [-0.3, -0.25) is 0 Å². The number of benzene rings is 3. The van der Waals surface area contributed by atoms with E-state index in [-0.39, 0.29) is 6.61 Å². The Balaban J connectivity index is 1.67. The van der Waals surface area contributed by atoms with E-state index in [9.17, 15) is 9.90 Å². The maximum absolute atomic E-state index is 13.1. The summed E-state index contributed by atoms with van der Waals surface area (Å²) in [7, 11) is 0. The lowest BCUT2D eigenvalue weighted by molar-refractivity contribution is -0.139. The minimum absolute atomic E-state index is 0.269. The fraction of sp³-hybridized carbons (Fsp3) is 0.185. The van der Waals surface area contributed by atoms with Crippen molar-refractivity contribution in [3.05, 3.63) is 100 Å². The molecule has 0 bridgehead atoms. The summed E-state index contributed by atoms with van der Waals surface area (Å²) in [5.41, 5.74) is 3.00. The molecule has 3 aromatic rings. The van der Waals surface area contributed by atoms with E-state index < -0.39 is 18.2 Å². The maximum Gasteiger partial charge on any atom is 0.338 e. The quantitative estimate of drug-likeness (QED) is 0.526. The van der Waals surface area contributed by atoms with Gasteiger partial charge < -0.3 is 14.7 Å². The third kappa shape index (κ3) is 3.86. The SMILES string of the molecule is CCOC(=O)C1=C(C)N=C2S/C(=C/c3ccccc3)C(O)N2C1c1cccc2ccccc12. The van der Waals surface area contributed by atoms with Gasteiger partial charge in [0.2, 0.25) is 0 Å². The summed E-state index contributed by atoms with van der Waals surface area (Å²) in [6.45, 7) is 3.89. The molecule has 2 unspecified atom stereocenters. The molecule has 1 N–H and O–H groups in total. The molecule has 0 spiro atoms. The summed E-state index contributed by atoms with van der Waals surface area (Å²) < 4.78 is 5.43. The number of hydrogen-bond acceptors (Lipinski definition) is 6. The zero-order valence-corrected chi connectivity index (χ0v) is 19.3. The average Bonchev–Trinajstić information content (AvgIpc) is 3.13. The molecule has 0 aliphatic carbocycles. The molecule has 166 valence electrons. The number of ether oxygens (including phenoxy) is 1. The minimum Gasteiger partial charge on any atom is -0.463 e. The third-order valence-electron chi connectivity index (χ3n) is 5.87. The van der Waals surface area contributed by atoms with Crippen molar-refractivity contribution < 1.29 is 14.6 Å². The molecule has 0 radical (unpaired) electrons. The van der Waals surface area contributed by atoms with Crippen LogP contribution >= 0.6 is 11.8 Å². The molecule has 0 saturated carbocycles. The van der Waals surface area contributed by atoms with Crippen LogP contribution in [0, 0.1) is 0 Å². The molecule has 0 amide bonds. The zero-order chi connectivity index (χ0) is 22.9. The predicted molar refractivity (Wildman–Crippen MR) is 133 cm³/mol. The summed E-state index contributed by atoms with van der Waals surface area (Å²) in [5.74, 6) is -0.409. The molecule has 1 fully saturated rings. The molecule has 2 aliphatic heterocycles. The van der Waals surface area contributed by atoms with Crippen LogP contribution in [0.2, 0.25) is 0 Å². The molecular weight excluding hydrogens is 432 g/mol. The topological polar surface area (TPSA) is 62.1 Å². The van der Waals surface area contributed by atoms with Crippen molar-refractivity contribution >= 4 is 39.7 Å². The Hall–Kier alpha value is -3.35. The van der Waals surface area contributed by atoms with Crippen LogP contribution in [-0.4, -0.2) is 34.0 Å². The van der Waals surface area contributed by atoms with Crippen molar-refractivity contribution in [2.24, 2.45) is 4.99 Å². The number of fused-ring (bicyclic) bond motifs is 2. The lowest BCUT2D eigenvalue weighted by atomic mass is 9.90. The number of esters is 1. The Morgan fingerprint density at radius 3 is 2.61 bits per heavy atom. The maximum atomic E-state index is 13.1. The van der Waals surface area contributed by atoms with E-state index in [2.05, 4.69) is 0 Å². The first kappa shape index (κ1) is 21.5. The Morgan fingerprint density at radius 2 is 1.82 bits per heavy atom. The van der Waals surface area contributed by atoms with Crippen molar-refractivity contribution in [3.8, 4) is 0 Å². The lowest BCUT2D eigenvalue weighted by Crippen LogP contribution is -2.41. The second kappa shape index (κ2) is 8.89. The molecule has 6 heteroatoms. The number of thioether (sulfide) groups is 1. The van der Waals surface area contributed by atoms with E-state index in [0.717, 1.165) is 26.8 Å². The summed E-state index contributed by atoms with van der Waals surface area (Å²) in [4.78, 5) is 20.4. The Morgan fingerprint density at radius 1 is 1.09 bits per heavy atom. The number of amidine groups is 1. The van der Waals surface area contributed by atoms with Gasteiger partial charge in [0.05, 0.1) is 23.9 Å². The van der Waals surface area contributed by atoms with Crippen LogP contribution in [0.15, 0.2) is 94.0 Å². The van der Waals surface area contributed by atoms with Crippen LogP contribution in [-0.2, 0) is 9.53 Å². The fourth-order valence-electron chi connectivity index (χ4n) is 4.41. The first-order valence-electron chi connectivity index (χ1n) is 10.9. The number of allylic oxidation sites excluding steroid dienone is 1. The van der Waals surface area contributed by atoms with E-state index in [1.807, 2.05) is 90.7 Å². The lowest BCUT2D eigenvalue weighted by Gasteiger charge is -2.36. The average molecular weight is 457 g/mol. The van der Waals surface area contributed by atoms with Gasteiger partial charge in [-0.25, -0.2) is 9.79 Å². The molecular formula is C27H24N2O3S. The summed E-state index contributed by atoms with van der Waals surface area (Å²) in [5, 5.41) is 14.2. The van der Waals surface area contributed by atoms with E-state index in [1.165, 1.54) is 11.8 Å². The summed E-state index contributed by atoms with van der Waals surface area (Å²) in [6.07, 6.45) is 1.03. The van der Waals surface area contributed by atoms with Crippen molar-refractivity contribution in [1.82, 2.24) is 4.90 Å². The number of aliphatic imine (C=N–C) groups is 1. The Kier molecular flexibility index (Phi) is 5.79. The van der Waals surface area contributed by atoms with Crippen molar-refractivity contribution in [2.75, 3.05) is 6.61 Å². The highest BCUT2D eigenvalue weighted by molar-refractivity contribution is 8.17. The largest absolute Gasteiger partial charge is 0.463 e. The van der Waals surface area contributed by atoms with Crippen LogP contribution in [0.25, 0.3) is 16.8 Å². The van der Waals surface area contributed by atoms with E-state index in [4.69, 9.17) is 9.73 Å². The van der Waals surface area contributed by atoms with Gasteiger partial charge in [-0.1, -0.05) is 84.6 Å². The van der Waals surface area contributed by atoms with Crippen molar-refractivity contribution in [3.63, 3.8) is 0 Å². The van der Waals surface area contributed by atoms with Gasteiger partial charge >= 0.3 is 5.97 Å². The number of hydrogen-bond donors (Lipinski definition) is 1. The number of nitrogens with zero attached hydrogens (tertiary/aromatic N) is 2. The van der Waals surface area contributed by atoms with E-state index in [0.29, 0.717) is 16.4 Å². The number of carbonyl (C=O) groups is 1. The van der Waals surface area contributed by atoms with Crippen LogP contribution in [0.5, 0.6) is 0 Å². The van der Waals surface area contributed by atoms with Crippen LogP contribution in [0.4, 0.5) is 0 Å². The first-order chi connectivity index (χ1) is 16.1. The van der Waals surface area contributed by atoms with Gasteiger partial charge in [0.1, 0.15) is 0 Å². The van der Waals surface area contributed by atoms with Gasteiger partial charge in [-0.2, -0.15) is 0 Å². The van der Waals surface area contributed by atoms with E-state index in [1.54, 1.807) is 6.92 Å². The number of carbonyl (C=O) groups excluding carboxylic acids is 1. The number of aliphatic hydroxyl groups excluding tert-OH is 1. The molecule has 2 aliphatic rings. The molecule has 3 aromatic carbocycles. The van der Waals surface area contributed by atoms with Gasteiger partial charge in [0, 0.05) is 4.91 Å². The Labute approximate surface area is 197 Å². The molecule has 5 nitrogen and oxygen atoms in total. The van der Waals surface area contributed by atoms with Gasteiger partial charge in [-0.05, 0) is 41.8 Å². The zero-order valence-electron chi connectivity index (χ0n) is 18.4. The van der Waals surface area contributed by atoms with Crippen LogP contribution < -0.4 is 0 Å². The monoisotopic (exact) mass is 456 g/mol. The molecule has 1 saturated heterocycles. The normalized spacial score (nSPS) is 21.4. The fourth-order valence-corrected chi connectivity index (χ4v) is 5.52. The minimum atomic E-state index is -0.935. The number of aliphatic hydroxyl groups is 1. The van der Waals surface area contributed by atoms with Crippen molar-refractivity contribution in [1.29, 1.82) is 0 Å². The summed E-state index contributed by atoms with van der Waals surface area (Å²) in [6, 6.07) is 23.5. The standard InChI is InChI=1S/C27H24N2O3S/c1-3-32-26(31)23-17(2)28-27-29(25(30)22(33-27)16-18-10-5-4-6-11-18)24(23)21-15-9-13-19-12-7-8-14-20(19)21/h4-16,24-25,30H,3H2,1-2H3/b22-16+. The second-order valence-electron chi connectivity index (χ2n) is 7.93. The highest BCUT2D eigenvalue weighted by Gasteiger charge is 2.45. The molecule has 5 rings (SSSR count). The molecule has 2 atom stereocenters. The van der Waals surface area contributed by atoms with E-state index >= 15 is 0 Å². The van der Waals surface area contributed by atoms with Gasteiger partial charge in [0.15, 0.2) is 11.4 Å². The Bertz CT molecular complexity index is 1310. The van der Waals surface area contributed by atoms with Gasteiger partial charge in [0.25, 0.3) is 0 Å².